The summed E-state index contributed by atoms with van der Waals surface area (Å²) in [5.74, 6) is -1.19. The smallest absolute Gasteiger partial charge is 0.255 e. The van der Waals surface area contributed by atoms with Gasteiger partial charge in [-0.3, -0.25) is 19.7 Å². The Hall–Kier alpha value is -1.44. The Morgan fingerprint density at radius 2 is 2.17 bits per heavy atom. The summed E-state index contributed by atoms with van der Waals surface area (Å²) >= 11 is 2.11. The topological polar surface area (TPSA) is 66.5 Å². The molecule has 0 aliphatic carbocycles. The number of hydrogen-bond acceptors (Lipinski definition) is 3. The van der Waals surface area contributed by atoms with Gasteiger partial charge in [0.05, 0.1) is 0 Å². The average Bonchev–Trinajstić information content (AvgIpc) is 2.33. The van der Waals surface area contributed by atoms with Gasteiger partial charge in [-0.15, -0.1) is 0 Å². The number of amides is 3. The Labute approximate surface area is 118 Å². The van der Waals surface area contributed by atoms with Crippen LogP contribution < -0.4 is 5.32 Å². The quantitative estimate of drug-likeness (QED) is 0.596. The molecule has 0 radical (unpaired) electrons. The molecule has 1 heterocycles. The highest BCUT2D eigenvalue weighted by Gasteiger charge is 2.33. The van der Waals surface area contributed by atoms with E-state index in [-0.39, 0.29) is 12.5 Å². The van der Waals surface area contributed by atoms with E-state index in [2.05, 4.69) is 27.9 Å². The summed E-state index contributed by atoms with van der Waals surface area (Å²) in [4.78, 5) is 36.3. The van der Waals surface area contributed by atoms with Gasteiger partial charge in [0.15, 0.2) is 0 Å². The summed E-state index contributed by atoms with van der Waals surface area (Å²) in [6.45, 7) is 1.52. The molecular weight excluding hydrogens is 347 g/mol. The van der Waals surface area contributed by atoms with E-state index in [9.17, 15) is 14.4 Å². The minimum Gasteiger partial charge on any atom is -0.318 e. The molecule has 1 unspecified atom stereocenters. The lowest BCUT2D eigenvalue weighted by atomic mass is 10.1. The van der Waals surface area contributed by atoms with Crippen LogP contribution in [0.4, 0.5) is 0 Å². The average molecular weight is 358 g/mol. The summed E-state index contributed by atoms with van der Waals surface area (Å²) in [7, 11) is 0. The molecule has 0 bridgehead atoms. The van der Waals surface area contributed by atoms with Crippen LogP contribution >= 0.6 is 22.6 Å². The highest BCUT2D eigenvalue weighted by Crippen LogP contribution is 2.14. The lowest BCUT2D eigenvalue weighted by Crippen LogP contribution is -2.58. The van der Waals surface area contributed by atoms with Gasteiger partial charge in [-0.1, -0.05) is 6.07 Å². The van der Waals surface area contributed by atoms with E-state index in [1.54, 1.807) is 25.1 Å². The number of piperazine rings is 1. The number of nitrogens with one attached hydrogen (secondary N) is 1. The summed E-state index contributed by atoms with van der Waals surface area (Å²) in [6.07, 6.45) is 0. The van der Waals surface area contributed by atoms with Crippen LogP contribution in [0.3, 0.4) is 0 Å². The monoisotopic (exact) mass is 358 g/mol. The number of imide groups is 1. The molecule has 18 heavy (non-hydrogen) atoms. The van der Waals surface area contributed by atoms with E-state index >= 15 is 0 Å². The lowest BCUT2D eigenvalue weighted by Gasteiger charge is -2.31. The van der Waals surface area contributed by atoms with Crippen molar-refractivity contribution in [2.45, 2.75) is 13.0 Å². The molecule has 1 aromatic carbocycles. The molecule has 1 saturated heterocycles. The van der Waals surface area contributed by atoms with Gasteiger partial charge >= 0.3 is 0 Å². The maximum Gasteiger partial charge on any atom is 0.255 e. The predicted octanol–water partition coefficient (Wildman–Crippen LogP) is 0.778. The summed E-state index contributed by atoms with van der Waals surface area (Å²) < 4.78 is 0.930. The molecule has 5 nitrogen and oxygen atoms in total. The van der Waals surface area contributed by atoms with Crippen molar-refractivity contribution in [3.8, 4) is 0 Å². The van der Waals surface area contributed by atoms with Crippen LogP contribution in [0.25, 0.3) is 0 Å². The minimum absolute atomic E-state index is 0.0861. The van der Waals surface area contributed by atoms with Crippen molar-refractivity contribution < 1.29 is 14.4 Å². The van der Waals surface area contributed by atoms with Crippen molar-refractivity contribution in [1.29, 1.82) is 0 Å². The first-order chi connectivity index (χ1) is 8.49. The number of benzene rings is 1. The summed E-state index contributed by atoms with van der Waals surface area (Å²) in [5, 5.41) is 2.20. The van der Waals surface area contributed by atoms with Crippen molar-refractivity contribution in [2.75, 3.05) is 6.54 Å². The first-order valence-corrected chi connectivity index (χ1v) is 6.47. The number of hydrogen-bond donors (Lipinski definition) is 1. The second kappa shape index (κ2) is 5.05. The zero-order valence-electron chi connectivity index (χ0n) is 9.64. The standard InChI is InChI=1S/C12H11IN2O3/c1-7-11(17)14-10(16)6-15(7)12(18)8-3-2-4-9(13)5-8/h2-5,7H,6H2,1H3,(H,14,16,17). The van der Waals surface area contributed by atoms with Gasteiger partial charge in [-0.2, -0.15) is 0 Å². The molecule has 3 amide bonds. The molecule has 1 aliphatic rings. The zero-order chi connectivity index (χ0) is 13.3. The van der Waals surface area contributed by atoms with Gasteiger partial charge in [0.25, 0.3) is 5.91 Å². The number of nitrogens with zero attached hydrogens (tertiary/aromatic N) is 1. The third-order valence-corrected chi connectivity index (χ3v) is 3.43. The van der Waals surface area contributed by atoms with E-state index in [0.717, 1.165) is 3.57 Å². The van der Waals surface area contributed by atoms with Crippen molar-refractivity contribution in [2.24, 2.45) is 0 Å². The van der Waals surface area contributed by atoms with Crippen LogP contribution in [0.5, 0.6) is 0 Å². The van der Waals surface area contributed by atoms with Gasteiger partial charge in [0, 0.05) is 9.13 Å². The molecule has 0 spiro atoms. The maximum absolute atomic E-state index is 12.2. The van der Waals surface area contributed by atoms with Gasteiger partial charge in [-0.25, -0.2) is 0 Å². The highest BCUT2D eigenvalue weighted by molar-refractivity contribution is 14.1. The first kappa shape index (κ1) is 13.0. The van der Waals surface area contributed by atoms with Gasteiger partial charge in [-0.05, 0) is 47.7 Å². The normalized spacial score (nSPS) is 19.7. The van der Waals surface area contributed by atoms with Crippen LogP contribution in [0.15, 0.2) is 24.3 Å². The van der Waals surface area contributed by atoms with Crippen LogP contribution in [0.2, 0.25) is 0 Å². The molecule has 1 N–H and O–H groups in total. The fourth-order valence-electron chi connectivity index (χ4n) is 1.75. The summed E-state index contributed by atoms with van der Waals surface area (Å²) in [5.41, 5.74) is 0.483. The molecular formula is C12H11IN2O3. The molecule has 2 rings (SSSR count). The number of carbonyl (C=O) groups excluding carboxylic acids is 3. The second-order valence-electron chi connectivity index (χ2n) is 4.03. The molecule has 6 heteroatoms. The SMILES string of the molecule is CC1C(=O)NC(=O)CN1C(=O)c1cccc(I)c1. The largest absolute Gasteiger partial charge is 0.318 e. The third kappa shape index (κ3) is 2.53. The van der Waals surface area contributed by atoms with Crippen LogP contribution in [0.1, 0.15) is 17.3 Å². The van der Waals surface area contributed by atoms with Crippen molar-refractivity contribution in [3.05, 3.63) is 33.4 Å². The Morgan fingerprint density at radius 3 is 2.83 bits per heavy atom. The molecule has 1 aliphatic heterocycles. The number of rotatable bonds is 1. The molecule has 1 fully saturated rings. The third-order valence-electron chi connectivity index (χ3n) is 2.76. The molecule has 0 saturated carbocycles. The fraction of sp³-hybridized carbons (Fsp3) is 0.250. The second-order valence-corrected chi connectivity index (χ2v) is 5.28. The molecule has 1 aromatic rings. The Balaban J connectivity index is 2.27. The van der Waals surface area contributed by atoms with E-state index in [4.69, 9.17) is 0 Å². The molecule has 94 valence electrons. The van der Waals surface area contributed by atoms with Gasteiger partial charge < -0.3 is 4.90 Å². The number of carbonyl (C=O) groups is 3. The molecule has 0 aromatic heterocycles. The van der Waals surface area contributed by atoms with Gasteiger partial charge in [0.1, 0.15) is 12.6 Å². The Bertz CT molecular complexity index is 530. The fourth-order valence-corrected chi connectivity index (χ4v) is 2.29. The first-order valence-electron chi connectivity index (χ1n) is 5.39. The van der Waals surface area contributed by atoms with E-state index in [0.29, 0.717) is 5.56 Å². The molecule has 1 atom stereocenters. The Kier molecular flexibility index (Phi) is 3.65. The summed E-state index contributed by atoms with van der Waals surface area (Å²) in [6, 6.07) is 6.41. The van der Waals surface area contributed by atoms with E-state index in [1.807, 2.05) is 6.07 Å². The zero-order valence-corrected chi connectivity index (χ0v) is 11.8. The maximum atomic E-state index is 12.2. The van der Waals surface area contributed by atoms with Crippen molar-refractivity contribution in [3.63, 3.8) is 0 Å². The van der Waals surface area contributed by atoms with Gasteiger partial charge in [0.2, 0.25) is 11.8 Å². The Morgan fingerprint density at radius 1 is 1.44 bits per heavy atom. The van der Waals surface area contributed by atoms with Crippen molar-refractivity contribution in [1.82, 2.24) is 10.2 Å². The number of halogens is 1. The van der Waals surface area contributed by atoms with Crippen LogP contribution in [-0.2, 0) is 9.59 Å². The highest BCUT2D eigenvalue weighted by atomic mass is 127. The van der Waals surface area contributed by atoms with Crippen LogP contribution in [-0.4, -0.2) is 35.2 Å². The van der Waals surface area contributed by atoms with E-state index in [1.165, 1.54) is 4.90 Å². The minimum atomic E-state index is -0.631. The predicted molar refractivity (Wildman–Crippen MR) is 72.8 cm³/mol. The van der Waals surface area contributed by atoms with Crippen molar-refractivity contribution >= 4 is 40.3 Å². The van der Waals surface area contributed by atoms with E-state index < -0.39 is 17.9 Å². The lowest BCUT2D eigenvalue weighted by molar-refractivity contribution is -0.138. The van der Waals surface area contributed by atoms with Crippen LogP contribution in [0, 0.1) is 3.57 Å².